The molecule has 1 aromatic carbocycles. The molecular weight excluding hydrogens is 308 g/mol. The molecule has 24 heavy (non-hydrogen) atoms. The van der Waals surface area contributed by atoms with E-state index in [0.717, 1.165) is 0 Å². The molecule has 0 saturated carbocycles. The molecule has 0 aliphatic heterocycles. The van der Waals surface area contributed by atoms with E-state index in [1.807, 2.05) is 20.8 Å². The van der Waals surface area contributed by atoms with Crippen LogP contribution in [0.4, 0.5) is 0 Å². The number of hydrogen-bond donors (Lipinski definition) is 3. The lowest BCUT2D eigenvalue weighted by atomic mass is 9.93. The lowest BCUT2D eigenvalue weighted by Crippen LogP contribution is -2.35. The van der Waals surface area contributed by atoms with Gasteiger partial charge in [0.05, 0.1) is 11.5 Å². The summed E-state index contributed by atoms with van der Waals surface area (Å²) in [6, 6.07) is 5.31. The van der Waals surface area contributed by atoms with Crippen molar-refractivity contribution in [3.05, 3.63) is 29.3 Å². The number of benzene rings is 1. The summed E-state index contributed by atoms with van der Waals surface area (Å²) in [5.41, 5.74) is 6.49. The quantitative estimate of drug-likeness (QED) is 0.563. The summed E-state index contributed by atoms with van der Waals surface area (Å²) in [5.74, 6) is -0.621. The van der Waals surface area contributed by atoms with Gasteiger partial charge in [0, 0.05) is 12.6 Å². The molecule has 6 heteroatoms. The van der Waals surface area contributed by atoms with E-state index >= 15 is 0 Å². The minimum Gasteiger partial charge on any atom is -0.490 e. The minimum absolute atomic E-state index is 0.0758. The second-order valence-electron chi connectivity index (χ2n) is 6.20. The van der Waals surface area contributed by atoms with Crippen molar-refractivity contribution in [2.45, 2.75) is 52.2 Å². The summed E-state index contributed by atoms with van der Waals surface area (Å²) in [7, 11) is 0. The van der Waals surface area contributed by atoms with E-state index in [9.17, 15) is 14.7 Å². The van der Waals surface area contributed by atoms with Crippen molar-refractivity contribution in [2.75, 3.05) is 13.2 Å². The summed E-state index contributed by atoms with van der Waals surface area (Å²) in [4.78, 5) is 23.4. The average Bonchev–Trinajstić information content (AvgIpc) is 2.51. The number of rotatable bonds is 10. The third kappa shape index (κ3) is 5.94. The zero-order chi connectivity index (χ0) is 18.3. The molecule has 0 saturated heterocycles. The molecule has 1 rings (SSSR count). The fourth-order valence-electron chi connectivity index (χ4n) is 2.38. The van der Waals surface area contributed by atoms with Gasteiger partial charge in [-0.15, -0.1) is 0 Å². The molecule has 0 fully saturated rings. The fraction of sp³-hybridized carbons (Fsp3) is 0.556. The summed E-state index contributed by atoms with van der Waals surface area (Å²) < 4.78 is 5.59. The standard InChI is InChI=1S/C18H28N2O4/c1-5-15(18(19)23)13-6-7-17(16(8-13)12(4)21)24-10-14(22)9-20-11(2)3/h6-8,11,14-15,20,22H,5,9-10H2,1-4H3,(H2,19,23). The van der Waals surface area contributed by atoms with Crippen LogP contribution >= 0.6 is 0 Å². The van der Waals surface area contributed by atoms with E-state index in [1.54, 1.807) is 18.2 Å². The topological polar surface area (TPSA) is 102 Å². The highest BCUT2D eigenvalue weighted by atomic mass is 16.5. The van der Waals surface area contributed by atoms with Crippen LogP contribution in [0.15, 0.2) is 18.2 Å². The molecule has 1 amide bonds. The summed E-state index contributed by atoms with van der Waals surface area (Å²) in [6.07, 6.45) is -0.118. The van der Waals surface area contributed by atoms with E-state index in [-0.39, 0.29) is 18.4 Å². The van der Waals surface area contributed by atoms with Crippen molar-refractivity contribution >= 4 is 11.7 Å². The summed E-state index contributed by atoms with van der Waals surface area (Å²) in [5, 5.41) is 13.0. The molecule has 0 aromatic heterocycles. The Morgan fingerprint density at radius 3 is 2.50 bits per heavy atom. The lowest BCUT2D eigenvalue weighted by Gasteiger charge is -2.18. The zero-order valence-electron chi connectivity index (χ0n) is 14.8. The summed E-state index contributed by atoms with van der Waals surface area (Å²) >= 11 is 0. The number of amides is 1. The molecule has 0 radical (unpaired) electrons. The van der Waals surface area contributed by atoms with Gasteiger partial charge < -0.3 is 20.9 Å². The number of aliphatic hydroxyl groups excluding tert-OH is 1. The Kier molecular flexibility index (Phi) is 7.88. The van der Waals surface area contributed by atoms with Crippen molar-refractivity contribution in [2.24, 2.45) is 5.73 Å². The van der Waals surface area contributed by atoms with Gasteiger partial charge in [-0.25, -0.2) is 0 Å². The van der Waals surface area contributed by atoms with Gasteiger partial charge in [-0.05, 0) is 31.0 Å². The van der Waals surface area contributed by atoms with Crippen LogP contribution in [0, 0.1) is 0 Å². The van der Waals surface area contributed by atoms with Crippen LogP contribution in [-0.2, 0) is 4.79 Å². The number of primary amides is 1. The number of ketones is 1. The number of nitrogens with one attached hydrogen (secondary N) is 1. The molecule has 1 aromatic rings. The van der Waals surface area contributed by atoms with Gasteiger partial charge in [-0.3, -0.25) is 9.59 Å². The molecule has 2 unspecified atom stereocenters. The molecule has 0 bridgehead atoms. The second-order valence-corrected chi connectivity index (χ2v) is 6.20. The molecule has 2 atom stereocenters. The molecule has 0 heterocycles. The maximum atomic E-state index is 11.9. The van der Waals surface area contributed by atoms with Crippen molar-refractivity contribution in [3.63, 3.8) is 0 Å². The number of carbonyl (C=O) groups excluding carboxylic acids is 2. The first kappa shape index (κ1) is 20.1. The zero-order valence-corrected chi connectivity index (χ0v) is 14.8. The number of carbonyl (C=O) groups is 2. The van der Waals surface area contributed by atoms with Crippen molar-refractivity contribution in [1.82, 2.24) is 5.32 Å². The molecule has 0 spiro atoms. The maximum absolute atomic E-state index is 11.9. The molecule has 0 aliphatic carbocycles. The van der Waals surface area contributed by atoms with E-state index < -0.39 is 17.9 Å². The van der Waals surface area contributed by atoms with Gasteiger partial charge in [0.25, 0.3) is 0 Å². The van der Waals surface area contributed by atoms with Gasteiger partial charge >= 0.3 is 0 Å². The average molecular weight is 336 g/mol. The van der Waals surface area contributed by atoms with Crippen LogP contribution in [0.25, 0.3) is 0 Å². The van der Waals surface area contributed by atoms with Gasteiger partial charge in [0.1, 0.15) is 18.5 Å². The monoisotopic (exact) mass is 336 g/mol. The number of aliphatic hydroxyl groups is 1. The highest BCUT2D eigenvalue weighted by Gasteiger charge is 2.19. The molecular formula is C18H28N2O4. The Balaban J connectivity index is 2.88. The van der Waals surface area contributed by atoms with Crippen LogP contribution in [0.5, 0.6) is 5.75 Å². The Morgan fingerprint density at radius 2 is 2.00 bits per heavy atom. The van der Waals surface area contributed by atoms with Gasteiger partial charge in [0.2, 0.25) is 5.91 Å². The number of nitrogens with two attached hydrogens (primary N) is 1. The highest BCUT2D eigenvalue weighted by molar-refractivity contribution is 5.97. The van der Waals surface area contributed by atoms with Crippen LogP contribution in [0.1, 0.15) is 56.0 Å². The van der Waals surface area contributed by atoms with E-state index in [4.69, 9.17) is 10.5 Å². The SMILES string of the molecule is CCC(C(N)=O)c1ccc(OCC(O)CNC(C)C)c(C(C)=O)c1. The van der Waals surface area contributed by atoms with Crippen LogP contribution in [0.3, 0.4) is 0 Å². The summed E-state index contributed by atoms with van der Waals surface area (Å²) in [6.45, 7) is 7.77. The first-order chi connectivity index (χ1) is 11.3. The first-order valence-electron chi connectivity index (χ1n) is 8.24. The van der Waals surface area contributed by atoms with E-state index in [2.05, 4.69) is 5.32 Å². The van der Waals surface area contributed by atoms with Gasteiger partial charge in [-0.2, -0.15) is 0 Å². The predicted molar refractivity (Wildman–Crippen MR) is 93.3 cm³/mol. The normalized spacial score (nSPS) is 13.6. The molecule has 134 valence electrons. The largest absolute Gasteiger partial charge is 0.490 e. The Hall–Kier alpha value is -1.92. The van der Waals surface area contributed by atoms with Crippen LogP contribution < -0.4 is 15.8 Å². The molecule has 0 aliphatic rings. The highest BCUT2D eigenvalue weighted by Crippen LogP contribution is 2.27. The molecule has 6 nitrogen and oxygen atoms in total. The first-order valence-corrected chi connectivity index (χ1v) is 8.24. The van der Waals surface area contributed by atoms with E-state index in [0.29, 0.717) is 29.8 Å². The molecule has 4 N–H and O–H groups in total. The van der Waals surface area contributed by atoms with E-state index in [1.165, 1.54) is 6.92 Å². The van der Waals surface area contributed by atoms with Crippen LogP contribution in [-0.4, -0.2) is 42.1 Å². The third-order valence-corrected chi connectivity index (χ3v) is 3.73. The Bertz CT molecular complexity index is 572. The van der Waals surface area contributed by atoms with Crippen molar-refractivity contribution in [3.8, 4) is 5.75 Å². The van der Waals surface area contributed by atoms with Crippen molar-refractivity contribution in [1.29, 1.82) is 0 Å². The second kappa shape index (κ2) is 9.39. The lowest BCUT2D eigenvalue weighted by molar-refractivity contribution is -0.119. The fourth-order valence-corrected chi connectivity index (χ4v) is 2.38. The van der Waals surface area contributed by atoms with Gasteiger partial charge in [-0.1, -0.05) is 26.8 Å². The smallest absolute Gasteiger partial charge is 0.224 e. The van der Waals surface area contributed by atoms with Crippen molar-refractivity contribution < 1.29 is 19.4 Å². The minimum atomic E-state index is -0.680. The van der Waals surface area contributed by atoms with Gasteiger partial charge in [0.15, 0.2) is 5.78 Å². The Morgan fingerprint density at radius 1 is 1.33 bits per heavy atom. The third-order valence-electron chi connectivity index (χ3n) is 3.73. The number of ether oxygens (including phenoxy) is 1. The van der Waals surface area contributed by atoms with Crippen LogP contribution in [0.2, 0.25) is 0 Å². The Labute approximate surface area is 143 Å². The number of hydrogen-bond acceptors (Lipinski definition) is 5. The number of Topliss-reactive ketones (excluding diaryl/α,β-unsaturated/α-hetero) is 1. The maximum Gasteiger partial charge on any atom is 0.224 e. The predicted octanol–water partition coefficient (Wildman–Crippen LogP) is 1.61.